The third kappa shape index (κ3) is 7.59. The number of carboxylic acid groups (broad SMARTS) is 1. The van der Waals surface area contributed by atoms with Gasteiger partial charge in [-0.2, -0.15) is 0 Å². The van der Waals surface area contributed by atoms with Gasteiger partial charge in [-0.15, -0.1) is 24.5 Å². The third-order valence-corrected chi connectivity index (χ3v) is 6.14. The minimum Gasteiger partial charge on any atom is -0.486 e. The fourth-order valence-electron chi connectivity index (χ4n) is 3.47. The summed E-state index contributed by atoms with van der Waals surface area (Å²) in [6.45, 7) is 1.50. The summed E-state index contributed by atoms with van der Waals surface area (Å²) in [5.41, 5.74) is 2.94. The van der Waals surface area contributed by atoms with Crippen molar-refractivity contribution in [1.82, 2.24) is 4.98 Å². The minimum absolute atomic E-state index is 0.154. The summed E-state index contributed by atoms with van der Waals surface area (Å²) >= 11 is 1.40. The topological polar surface area (TPSA) is 77.9 Å². The summed E-state index contributed by atoms with van der Waals surface area (Å²) in [7, 11) is 0. The summed E-state index contributed by atoms with van der Waals surface area (Å²) < 4.78 is 52.8. The first-order valence-corrected chi connectivity index (χ1v) is 12.1. The second-order valence-electron chi connectivity index (χ2n) is 8.04. The molecule has 0 aliphatic heterocycles. The fraction of sp³-hybridized carbons (Fsp3) is 0.143. The van der Waals surface area contributed by atoms with Gasteiger partial charge in [0.25, 0.3) is 0 Å². The van der Waals surface area contributed by atoms with E-state index in [1.807, 2.05) is 42.5 Å². The average Bonchev–Trinajstić information content (AvgIpc) is 3.29. The molecule has 0 bridgehead atoms. The molecule has 1 heterocycles. The summed E-state index contributed by atoms with van der Waals surface area (Å²) in [5, 5.41) is 9.45. The Kier molecular flexibility index (Phi) is 8.32. The average molecular weight is 542 g/mol. The molecular formula is C28H22F3NO5S. The normalized spacial score (nSPS) is 11.5. The number of hydrogen-bond donors (Lipinski definition) is 1. The van der Waals surface area contributed by atoms with E-state index in [-0.39, 0.29) is 12.4 Å². The molecule has 0 aliphatic carbocycles. The van der Waals surface area contributed by atoms with Gasteiger partial charge in [-0.25, -0.2) is 9.78 Å². The molecule has 3 aromatic carbocycles. The molecule has 4 aromatic rings. The Morgan fingerprint density at radius 1 is 0.974 bits per heavy atom. The van der Waals surface area contributed by atoms with Crippen molar-refractivity contribution in [3.63, 3.8) is 0 Å². The van der Waals surface area contributed by atoms with Crippen LogP contribution in [0.4, 0.5) is 13.2 Å². The lowest BCUT2D eigenvalue weighted by Crippen LogP contribution is -2.16. The Balaban J connectivity index is 1.55. The number of benzene rings is 3. The zero-order valence-electron chi connectivity index (χ0n) is 20.1. The van der Waals surface area contributed by atoms with E-state index in [0.29, 0.717) is 27.8 Å². The van der Waals surface area contributed by atoms with Crippen LogP contribution in [0.15, 0.2) is 72.8 Å². The number of aliphatic carboxylic acids is 1. The second kappa shape index (κ2) is 11.8. The summed E-state index contributed by atoms with van der Waals surface area (Å²) in [5.74, 6) is -0.379. The van der Waals surface area contributed by atoms with Gasteiger partial charge in [-0.05, 0) is 66.6 Å². The van der Waals surface area contributed by atoms with Crippen LogP contribution in [0.25, 0.3) is 23.4 Å². The Bertz CT molecular complexity index is 1420. The minimum atomic E-state index is -4.77. The number of rotatable bonds is 10. The molecule has 0 unspecified atom stereocenters. The SMILES string of the molecule is Cc1cc(OCc2nc(-c3ccc(OC(F)(F)F)cc3)c(/C=C/c3ccccc3)s2)ccc1OCC(=O)O. The molecular weight excluding hydrogens is 519 g/mol. The maximum Gasteiger partial charge on any atom is 0.573 e. The number of thiazole rings is 1. The largest absolute Gasteiger partial charge is 0.573 e. The summed E-state index contributed by atoms with van der Waals surface area (Å²) in [4.78, 5) is 16.2. The molecule has 6 nitrogen and oxygen atoms in total. The van der Waals surface area contributed by atoms with Crippen LogP contribution in [0.5, 0.6) is 17.2 Å². The standard InChI is InChI=1S/C28H22F3NO5S/c1-18-15-22(12-13-23(18)36-17-26(33)34)35-16-25-32-27(20-8-10-21(11-9-20)37-28(29,30)31)24(38-25)14-7-19-5-3-2-4-6-19/h2-15H,16-17H2,1H3,(H,33,34)/b14-7+. The number of halogens is 3. The fourth-order valence-corrected chi connectivity index (χ4v) is 4.37. The van der Waals surface area contributed by atoms with Crippen LogP contribution in [-0.2, 0) is 11.4 Å². The number of alkyl halides is 3. The highest BCUT2D eigenvalue weighted by Gasteiger charge is 2.31. The molecule has 38 heavy (non-hydrogen) atoms. The molecule has 1 N–H and O–H groups in total. The molecule has 0 amide bonds. The van der Waals surface area contributed by atoms with Crippen LogP contribution in [0.3, 0.4) is 0 Å². The summed E-state index contributed by atoms with van der Waals surface area (Å²) in [6.07, 6.45) is -0.929. The van der Waals surface area contributed by atoms with E-state index < -0.39 is 18.9 Å². The number of aromatic nitrogens is 1. The van der Waals surface area contributed by atoms with Crippen molar-refractivity contribution in [3.8, 4) is 28.5 Å². The van der Waals surface area contributed by atoms with E-state index in [9.17, 15) is 18.0 Å². The van der Waals surface area contributed by atoms with E-state index in [0.717, 1.165) is 16.0 Å². The third-order valence-electron chi connectivity index (χ3n) is 5.15. The predicted octanol–water partition coefficient (Wildman–Crippen LogP) is 7.23. The number of hydrogen-bond acceptors (Lipinski definition) is 6. The van der Waals surface area contributed by atoms with Crippen LogP contribution >= 0.6 is 11.3 Å². The Morgan fingerprint density at radius 2 is 1.68 bits per heavy atom. The molecule has 0 atom stereocenters. The highest BCUT2D eigenvalue weighted by molar-refractivity contribution is 7.13. The van der Waals surface area contributed by atoms with Crippen molar-refractivity contribution in [1.29, 1.82) is 0 Å². The highest BCUT2D eigenvalue weighted by atomic mass is 32.1. The monoisotopic (exact) mass is 541 g/mol. The van der Waals surface area contributed by atoms with Gasteiger partial charge in [0, 0.05) is 5.56 Å². The van der Waals surface area contributed by atoms with E-state index in [4.69, 9.17) is 19.6 Å². The van der Waals surface area contributed by atoms with E-state index in [2.05, 4.69) is 4.74 Å². The van der Waals surface area contributed by atoms with E-state index in [1.165, 1.54) is 35.6 Å². The van der Waals surface area contributed by atoms with Crippen LogP contribution in [-0.4, -0.2) is 29.0 Å². The zero-order valence-corrected chi connectivity index (χ0v) is 20.9. The van der Waals surface area contributed by atoms with E-state index in [1.54, 1.807) is 25.1 Å². The molecule has 0 saturated heterocycles. The van der Waals surface area contributed by atoms with Gasteiger partial charge in [0.1, 0.15) is 28.9 Å². The summed E-state index contributed by atoms with van der Waals surface area (Å²) in [6, 6.07) is 20.3. The van der Waals surface area contributed by atoms with E-state index >= 15 is 0 Å². The molecule has 0 spiro atoms. The first kappa shape index (κ1) is 26.7. The number of carbonyl (C=O) groups is 1. The maximum atomic E-state index is 12.5. The predicted molar refractivity (Wildman–Crippen MR) is 138 cm³/mol. The van der Waals surface area contributed by atoms with Gasteiger partial charge in [-0.3, -0.25) is 0 Å². The molecule has 4 rings (SSSR count). The quantitative estimate of drug-likeness (QED) is 0.228. The van der Waals surface area contributed by atoms with Crippen molar-refractivity contribution >= 4 is 29.5 Å². The highest BCUT2D eigenvalue weighted by Crippen LogP contribution is 2.33. The van der Waals surface area contributed by atoms with Crippen LogP contribution in [0.2, 0.25) is 0 Å². The molecule has 10 heteroatoms. The van der Waals surface area contributed by atoms with Gasteiger partial charge in [0.2, 0.25) is 0 Å². The van der Waals surface area contributed by atoms with Crippen molar-refractivity contribution in [3.05, 3.63) is 93.8 Å². The Morgan fingerprint density at radius 3 is 2.34 bits per heavy atom. The van der Waals surface area contributed by atoms with Crippen molar-refractivity contribution < 1.29 is 37.3 Å². The first-order valence-electron chi connectivity index (χ1n) is 11.3. The number of aryl methyl sites for hydroxylation is 1. The lowest BCUT2D eigenvalue weighted by atomic mass is 10.1. The zero-order chi connectivity index (χ0) is 27.1. The molecule has 0 radical (unpaired) electrons. The van der Waals surface area contributed by atoms with Gasteiger partial charge < -0.3 is 19.3 Å². The van der Waals surface area contributed by atoms with Crippen LogP contribution in [0.1, 0.15) is 21.0 Å². The van der Waals surface area contributed by atoms with Crippen molar-refractivity contribution in [2.75, 3.05) is 6.61 Å². The number of nitrogens with zero attached hydrogens (tertiary/aromatic N) is 1. The van der Waals surface area contributed by atoms with Crippen molar-refractivity contribution in [2.45, 2.75) is 19.9 Å². The molecule has 0 aliphatic rings. The molecule has 0 saturated carbocycles. The van der Waals surface area contributed by atoms with Gasteiger partial charge >= 0.3 is 12.3 Å². The van der Waals surface area contributed by atoms with Crippen LogP contribution < -0.4 is 14.2 Å². The number of carboxylic acids is 1. The van der Waals surface area contributed by atoms with Gasteiger partial charge in [-0.1, -0.05) is 36.4 Å². The lowest BCUT2D eigenvalue weighted by Gasteiger charge is -2.10. The molecule has 196 valence electrons. The van der Waals surface area contributed by atoms with Gasteiger partial charge in [0.15, 0.2) is 6.61 Å². The lowest BCUT2D eigenvalue weighted by molar-refractivity contribution is -0.274. The van der Waals surface area contributed by atoms with Crippen LogP contribution in [0, 0.1) is 6.92 Å². The second-order valence-corrected chi connectivity index (χ2v) is 9.15. The van der Waals surface area contributed by atoms with Crippen molar-refractivity contribution in [2.24, 2.45) is 0 Å². The maximum absolute atomic E-state index is 12.5. The van der Waals surface area contributed by atoms with Gasteiger partial charge in [0.05, 0.1) is 10.6 Å². The Labute approximate surface area is 220 Å². The number of ether oxygens (including phenoxy) is 3. The molecule has 0 fully saturated rings. The smallest absolute Gasteiger partial charge is 0.486 e. The first-order chi connectivity index (χ1) is 18.2. The Hall–Kier alpha value is -4.31. The molecule has 1 aromatic heterocycles.